The van der Waals surface area contributed by atoms with E-state index >= 15 is 0 Å². The van der Waals surface area contributed by atoms with Gasteiger partial charge in [-0.3, -0.25) is 0 Å². The molecular weight excluding hydrogens is 200 g/mol. The summed E-state index contributed by atoms with van der Waals surface area (Å²) in [6.45, 7) is 4.27. The van der Waals surface area contributed by atoms with Crippen LogP contribution in [0.25, 0.3) is 0 Å². The molecule has 16 heavy (non-hydrogen) atoms. The average molecular weight is 218 g/mol. The number of nitrogens with zero attached hydrogens (tertiary/aromatic N) is 3. The van der Waals surface area contributed by atoms with Crippen LogP contribution in [0.15, 0.2) is 12.3 Å². The molecule has 0 aliphatic heterocycles. The van der Waals surface area contributed by atoms with Crippen molar-refractivity contribution in [3.05, 3.63) is 17.8 Å². The van der Waals surface area contributed by atoms with Crippen molar-refractivity contribution < 1.29 is 0 Å². The van der Waals surface area contributed by atoms with E-state index < -0.39 is 0 Å². The van der Waals surface area contributed by atoms with E-state index in [2.05, 4.69) is 29.8 Å². The lowest BCUT2D eigenvalue weighted by molar-refractivity contribution is 0.586. The van der Waals surface area contributed by atoms with Gasteiger partial charge in [-0.1, -0.05) is 13.8 Å². The lowest BCUT2D eigenvalue weighted by Gasteiger charge is -2.27. The maximum Gasteiger partial charge on any atom is 0.146 e. The van der Waals surface area contributed by atoms with Crippen molar-refractivity contribution in [1.82, 2.24) is 4.98 Å². The summed E-state index contributed by atoms with van der Waals surface area (Å²) in [6.07, 6.45) is 3.66. The molecule has 0 aliphatic carbocycles. The van der Waals surface area contributed by atoms with Gasteiger partial charge in [-0.05, 0) is 18.9 Å². The minimum Gasteiger partial charge on any atom is -0.397 e. The van der Waals surface area contributed by atoms with Crippen LogP contribution in [0.4, 0.5) is 11.5 Å². The van der Waals surface area contributed by atoms with Gasteiger partial charge in [0, 0.05) is 13.1 Å². The molecule has 0 aromatic carbocycles. The first-order valence-electron chi connectivity index (χ1n) is 5.52. The molecule has 86 valence electrons. The molecule has 0 fully saturated rings. The third-order valence-electron chi connectivity index (χ3n) is 2.83. The number of pyridine rings is 1. The Morgan fingerprint density at radius 1 is 1.50 bits per heavy atom. The highest BCUT2D eigenvalue weighted by molar-refractivity contribution is 5.58. The highest BCUT2D eigenvalue weighted by Crippen LogP contribution is 2.21. The molecule has 1 aromatic heterocycles. The Morgan fingerprint density at radius 3 is 2.62 bits per heavy atom. The summed E-state index contributed by atoms with van der Waals surface area (Å²) in [7, 11) is 1.97. The van der Waals surface area contributed by atoms with Crippen LogP contribution in [0.5, 0.6) is 0 Å². The molecule has 0 radical (unpaired) electrons. The van der Waals surface area contributed by atoms with Gasteiger partial charge in [0.05, 0.1) is 17.4 Å². The monoisotopic (exact) mass is 218 g/mol. The maximum atomic E-state index is 9.05. The number of anilines is 2. The standard InChI is InChI=1S/C12H18N4/c1-4-11(5-2)16(3)12-9(7-13)6-10(14)8-15-12/h6,8,11H,4-5,14H2,1-3H3. The summed E-state index contributed by atoms with van der Waals surface area (Å²) in [5, 5.41) is 9.05. The van der Waals surface area contributed by atoms with E-state index in [9.17, 15) is 0 Å². The van der Waals surface area contributed by atoms with E-state index in [-0.39, 0.29) is 0 Å². The van der Waals surface area contributed by atoms with Crippen molar-refractivity contribution in [2.24, 2.45) is 0 Å². The molecule has 0 unspecified atom stereocenters. The molecule has 0 spiro atoms. The van der Waals surface area contributed by atoms with Crippen LogP contribution in [0.3, 0.4) is 0 Å². The first kappa shape index (κ1) is 12.3. The third kappa shape index (κ3) is 2.43. The summed E-state index contributed by atoms with van der Waals surface area (Å²) in [4.78, 5) is 6.30. The lowest BCUT2D eigenvalue weighted by Crippen LogP contribution is -2.31. The second kappa shape index (κ2) is 5.36. The highest BCUT2D eigenvalue weighted by atomic mass is 15.2. The first-order valence-corrected chi connectivity index (χ1v) is 5.52. The minimum absolute atomic E-state index is 0.406. The fourth-order valence-electron chi connectivity index (χ4n) is 1.85. The third-order valence-corrected chi connectivity index (χ3v) is 2.83. The van der Waals surface area contributed by atoms with Crippen molar-refractivity contribution in [2.45, 2.75) is 32.7 Å². The molecule has 0 amide bonds. The molecule has 0 atom stereocenters. The van der Waals surface area contributed by atoms with Gasteiger partial charge in [-0.2, -0.15) is 5.26 Å². The van der Waals surface area contributed by atoms with Gasteiger partial charge in [-0.15, -0.1) is 0 Å². The number of nitriles is 1. The van der Waals surface area contributed by atoms with Crippen LogP contribution < -0.4 is 10.6 Å². The van der Waals surface area contributed by atoms with Crippen LogP contribution >= 0.6 is 0 Å². The molecule has 4 nitrogen and oxygen atoms in total. The first-order chi connectivity index (χ1) is 7.63. The smallest absolute Gasteiger partial charge is 0.146 e. The lowest BCUT2D eigenvalue weighted by atomic mass is 10.1. The van der Waals surface area contributed by atoms with Crippen molar-refractivity contribution >= 4 is 11.5 Å². The second-order valence-electron chi connectivity index (χ2n) is 3.83. The molecule has 0 saturated carbocycles. The predicted molar refractivity (Wildman–Crippen MR) is 66.1 cm³/mol. The van der Waals surface area contributed by atoms with Crippen LogP contribution in [-0.4, -0.2) is 18.1 Å². The number of hydrogen-bond acceptors (Lipinski definition) is 4. The maximum absolute atomic E-state index is 9.05. The number of aromatic nitrogens is 1. The van der Waals surface area contributed by atoms with E-state index in [1.165, 1.54) is 0 Å². The Hall–Kier alpha value is -1.76. The average Bonchev–Trinajstić information content (AvgIpc) is 2.30. The molecule has 0 bridgehead atoms. The second-order valence-corrected chi connectivity index (χ2v) is 3.83. The van der Waals surface area contributed by atoms with E-state index in [0.717, 1.165) is 12.8 Å². The normalized spacial score (nSPS) is 10.2. The summed E-state index contributed by atoms with van der Waals surface area (Å²) in [6, 6.07) is 4.21. The molecule has 0 saturated heterocycles. The summed E-state index contributed by atoms with van der Waals surface area (Å²) >= 11 is 0. The van der Waals surface area contributed by atoms with Crippen molar-refractivity contribution in [2.75, 3.05) is 17.7 Å². The van der Waals surface area contributed by atoms with Crippen molar-refractivity contribution in [3.63, 3.8) is 0 Å². The van der Waals surface area contributed by atoms with Gasteiger partial charge in [0.1, 0.15) is 11.9 Å². The molecular formula is C12H18N4. The summed E-state index contributed by atoms with van der Waals surface area (Å²) in [5.41, 5.74) is 6.67. The van der Waals surface area contributed by atoms with Gasteiger partial charge in [-0.25, -0.2) is 4.98 Å². The van der Waals surface area contributed by atoms with Crippen LogP contribution in [0.1, 0.15) is 32.3 Å². The molecule has 4 heteroatoms. The Labute approximate surface area is 96.7 Å². The Kier molecular flexibility index (Phi) is 4.12. The quantitative estimate of drug-likeness (QED) is 0.841. The van der Waals surface area contributed by atoms with Gasteiger partial charge >= 0.3 is 0 Å². The van der Waals surface area contributed by atoms with Gasteiger partial charge in [0.2, 0.25) is 0 Å². The number of nitrogen functional groups attached to an aromatic ring is 1. The summed E-state index contributed by atoms with van der Waals surface area (Å²) < 4.78 is 0. The Morgan fingerprint density at radius 2 is 2.12 bits per heavy atom. The topological polar surface area (TPSA) is 65.9 Å². The Balaban J connectivity index is 3.08. The van der Waals surface area contributed by atoms with E-state index in [4.69, 9.17) is 11.0 Å². The minimum atomic E-state index is 0.406. The molecule has 1 heterocycles. The van der Waals surface area contributed by atoms with E-state index in [1.54, 1.807) is 12.3 Å². The molecule has 1 rings (SSSR count). The van der Waals surface area contributed by atoms with Crippen LogP contribution in [0.2, 0.25) is 0 Å². The van der Waals surface area contributed by atoms with Crippen molar-refractivity contribution in [1.29, 1.82) is 5.26 Å². The number of nitrogens with two attached hydrogens (primary N) is 1. The zero-order chi connectivity index (χ0) is 12.1. The number of hydrogen-bond donors (Lipinski definition) is 1. The van der Waals surface area contributed by atoms with Crippen molar-refractivity contribution in [3.8, 4) is 6.07 Å². The van der Waals surface area contributed by atoms with Crippen LogP contribution in [-0.2, 0) is 0 Å². The summed E-state index contributed by atoms with van der Waals surface area (Å²) in [5.74, 6) is 0.713. The molecule has 0 aliphatic rings. The zero-order valence-corrected chi connectivity index (χ0v) is 10.1. The zero-order valence-electron chi connectivity index (χ0n) is 10.1. The Bertz CT molecular complexity index is 390. The molecule has 1 aromatic rings. The van der Waals surface area contributed by atoms with Gasteiger partial charge in [0.25, 0.3) is 0 Å². The van der Waals surface area contributed by atoms with Crippen LogP contribution in [0, 0.1) is 11.3 Å². The fourth-order valence-corrected chi connectivity index (χ4v) is 1.85. The van der Waals surface area contributed by atoms with E-state index in [1.807, 2.05) is 7.05 Å². The highest BCUT2D eigenvalue weighted by Gasteiger charge is 2.15. The van der Waals surface area contributed by atoms with Gasteiger partial charge in [0.15, 0.2) is 0 Å². The number of rotatable bonds is 4. The fraction of sp³-hybridized carbons (Fsp3) is 0.500. The largest absolute Gasteiger partial charge is 0.397 e. The van der Waals surface area contributed by atoms with Gasteiger partial charge < -0.3 is 10.6 Å². The molecule has 2 N–H and O–H groups in total. The van der Waals surface area contributed by atoms with E-state index in [0.29, 0.717) is 23.1 Å². The predicted octanol–water partition coefficient (Wildman–Crippen LogP) is 2.16. The SMILES string of the molecule is CCC(CC)N(C)c1ncc(N)cc1C#N.